The van der Waals surface area contributed by atoms with E-state index in [0.29, 0.717) is 23.4 Å². The van der Waals surface area contributed by atoms with Gasteiger partial charge in [-0.2, -0.15) is 0 Å². The largest absolute Gasteiger partial charge is 0.451 e. The Balaban J connectivity index is 1.48. The van der Waals surface area contributed by atoms with E-state index in [1.54, 1.807) is 12.1 Å². The highest BCUT2D eigenvalue weighted by Gasteiger charge is 2.39. The van der Waals surface area contributed by atoms with Gasteiger partial charge in [-0.05, 0) is 49.6 Å². The number of carbonyl (C=O) groups excluding carboxylic acids is 1. The SMILES string of the molecule is O=C(NC1CC2CCC1N2)c1ccc(-c2ccc(F)c(F)c2)o1. The average Bonchev–Trinajstić information content (AvgIpc) is 3.25. The van der Waals surface area contributed by atoms with Crippen LogP contribution in [0.3, 0.4) is 0 Å². The normalized spacial score (nSPS) is 25.7. The highest BCUT2D eigenvalue weighted by Crippen LogP contribution is 2.29. The van der Waals surface area contributed by atoms with Crippen molar-refractivity contribution < 1.29 is 18.0 Å². The fourth-order valence-electron chi connectivity index (χ4n) is 3.49. The lowest BCUT2D eigenvalue weighted by molar-refractivity contribution is 0.0903. The first-order valence-electron chi connectivity index (χ1n) is 7.72. The van der Waals surface area contributed by atoms with Gasteiger partial charge in [0.1, 0.15) is 5.76 Å². The Morgan fingerprint density at radius 1 is 1.17 bits per heavy atom. The molecule has 2 aliphatic heterocycles. The third-order valence-corrected chi connectivity index (χ3v) is 4.65. The molecule has 2 aliphatic rings. The van der Waals surface area contributed by atoms with Gasteiger partial charge in [0.05, 0.1) is 0 Å². The van der Waals surface area contributed by atoms with E-state index in [1.807, 2.05) is 0 Å². The number of rotatable bonds is 3. The second kappa shape index (κ2) is 5.45. The molecule has 4 nitrogen and oxygen atoms in total. The quantitative estimate of drug-likeness (QED) is 0.915. The molecule has 0 saturated carbocycles. The van der Waals surface area contributed by atoms with E-state index < -0.39 is 11.6 Å². The van der Waals surface area contributed by atoms with Gasteiger partial charge < -0.3 is 15.1 Å². The van der Waals surface area contributed by atoms with Gasteiger partial charge in [0.15, 0.2) is 17.4 Å². The lowest BCUT2D eigenvalue weighted by Gasteiger charge is -2.20. The number of hydrogen-bond acceptors (Lipinski definition) is 3. The number of benzene rings is 1. The minimum Gasteiger partial charge on any atom is -0.451 e. The molecule has 120 valence electrons. The summed E-state index contributed by atoms with van der Waals surface area (Å²) in [6.07, 6.45) is 3.18. The van der Waals surface area contributed by atoms with Crippen LogP contribution < -0.4 is 10.6 Å². The Morgan fingerprint density at radius 2 is 2.04 bits per heavy atom. The fraction of sp³-hybridized carbons (Fsp3) is 0.353. The monoisotopic (exact) mass is 318 g/mol. The van der Waals surface area contributed by atoms with Crippen LogP contribution in [-0.2, 0) is 0 Å². The number of furan rings is 1. The summed E-state index contributed by atoms with van der Waals surface area (Å²) in [5.41, 5.74) is 0.393. The zero-order chi connectivity index (χ0) is 16.0. The molecule has 23 heavy (non-hydrogen) atoms. The molecular formula is C17H16F2N2O2. The zero-order valence-electron chi connectivity index (χ0n) is 12.3. The Kier molecular flexibility index (Phi) is 3.41. The molecule has 2 saturated heterocycles. The van der Waals surface area contributed by atoms with E-state index >= 15 is 0 Å². The molecular weight excluding hydrogens is 302 g/mol. The van der Waals surface area contributed by atoms with Crippen molar-refractivity contribution in [3.63, 3.8) is 0 Å². The number of hydrogen-bond donors (Lipinski definition) is 2. The zero-order valence-corrected chi connectivity index (χ0v) is 12.3. The molecule has 2 aromatic rings. The minimum absolute atomic E-state index is 0.123. The highest BCUT2D eigenvalue weighted by molar-refractivity contribution is 5.92. The molecule has 0 radical (unpaired) electrons. The molecule has 2 bridgehead atoms. The third-order valence-electron chi connectivity index (χ3n) is 4.65. The number of fused-ring (bicyclic) bond motifs is 2. The van der Waals surface area contributed by atoms with Gasteiger partial charge in [0.2, 0.25) is 0 Å². The minimum atomic E-state index is -0.946. The van der Waals surface area contributed by atoms with E-state index in [9.17, 15) is 13.6 Å². The topological polar surface area (TPSA) is 54.3 Å². The van der Waals surface area contributed by atoms with Crippen LogP contribution in [0, 0.1) is 11.6 Å². The second-order valence-electron chi connectivity index (χ2n) is 6.16. The molecule has 4 rings (SSSR count). The Hall–Kier alpha value is -2.21. The molecule has 1 aromatic heterocycles. The van der Waals surface area contributed by atoms with Crippen molar-refractivity contribution in [3.8, 4) is 11.3 Å². The Morgan fingerprint density at radius 3 is 2.74 bits per heavy atom. The fourth-order valence-corrected chi connectivity index (χ4v) is 3.49. The van der Waals surface area contributed by atoms with Crippen molar-refractivity contribution in [1.82, 2.24) is 10.6 Å². The lowest BCUT2D eigenvalue weighted by atomic mass is 9.95. The van der Waals surface area contributed by atoms with E-state index in [-0.39, 0.29) is 17.7 Å². The van der Waals surface area contributed by atoms with Gasteiger partial charge in [0.25, 0.3) is 5.91 Å². The molecule has 3 unspecified atom stereocenters. The van der Waals surface area contributed by atoms with Crippen molar-refractivity contribution >= 4 is 5.91 Å². The van der Waals surface area contributed by atoms with Crippen LogP contribution in [0.5, 0.6) is 0 Å². The summed E-state index contributed by atoms with van der Waals surface area (Å²) in [6.45, 7) is 0. The van der Waals surface area contributed by atoms with Gasteiger partial charge in [-0.3, -0.25) is 4.79 Å². The molecule has 0 aliphatic carbocycles. The highest BCUT2D eigenvalue weighted by atomic mass is 19.2. The summed E-state index contributed by atoms with van der Waals surface area (Å²) < 4.78 is 31.8. The van der Waals surface area contributed by atoms with E-state index in [1.165, 1.54) is 6.07 Å². The maximum absolute atomic E-state index is 13.3. The average molecular weight is 318 g/mol. The molecule has 3 atom stereocenters. The number of halogens is 2. The third kappa shape index (κ3) is 2.63. The Labute approximate surface area is 131 Å². The van der Waals surface area contributed by atoms with Crippen LogP contribution in [-0.4, -0.2) is 24.0 Å². The smallest absolute Gasteiger partial charge is 0.287 e. The Bertz CT molecular complexity index is 759. The number of nitrogens with one attached hydrogen (secondary N) is 2. The van der Waals surface area contributed by atoms with Crippen LogP contribution in [0.15, 0.2) is 34.7 Å². The van der Waals surface area contributed by atoms with Gasteiger partial charge in [0, 0.05) is 23.7 Å². The van der Waals surface area contributed by atoms with Gasteiger partial charge in [-0.15, -0.1) is 0 Å². The molecule has 2 fully saturated rings. The van der Waals surface area contributed by atoms with Crippen LogP contribution in [0.4, 0.5) is 8.78 Å². The molecule has 1 aromatic carbocycles. The first kappa shape index (κ1) is 14.4. The van der Waals surface area contributed by atoms with Gasteiger partial charge in [-0.1, -0.05) is 0 Å². The summed E-state index contributed by atoms with van der Waals surface area (Å²) in [7, 11) is 0. The molecule has 3 heterocycles. The van der Waals surface area contributed by atoms with Crippen LogP contribution >= 0.6 is 0 Å². The summed E-state index contributed by atoms with van der Waals surface area (Å²) in [5.74, 6) is -1.63. The van der Waals surface area contributed by atoms with Gasteiger partial charge >= 0.3 is 0 Å². The molecule has 0 spiro atoms. The summed E-state index contributed by atoms with van der Waals surface area (Å²) in [5, 5.41) is 6.44. The summed E-state index contributed by atoms with van der Waals surface area (Å²) in [6, 6.07) is 7.59. The lowest BCUT2D eigenvalue weighted by Crippen LogP contribution is -2.42. The standard InChI is InChI=1S/C17H16F2N2O2/c18-11-3-1-9(7-12(11)19)15-5-6-16(23-15)17(22)21-14-8-10-2-4-13(14)20-10/h1,3,5-7,10,13-14,20H,2,4,8H2,(H,21,22). The number of carbonyl (C=O) groups is 1. The van der Waals surface area contributed by atoms with E-state index in [0.717, 1.165) is 31.4 Å². The van der Waals surface area contributed by atoms with E-state index in [4.69, 9.17) is 4.42 Å². The van der Waals surface area contributed by atoms with E-state index in [2.05, 4.69) is 10.6 Å². The van der Waals surface area contributed by atoms with Gasteiger partial charge in [-0.25, -0.2) is 8.78 Å². The first-order chi connectivity index (χ1) is 11.1. The first-order valence-corrected chi connectivity index (χ1v) is 7.72. The van der Waals surface area contributed by atoms with Crippen LogP contribution in [0.25, 0.3) is 11.3 Å². The predicted molar refractivity (Wildman–Crippen MR) is 79.9 cm³/mol. The summed E-state index contributed by atoms with van der Waals surface area (Å²) in [4.78, 5) is 12.3. The van der Waals surface area contributed by atoms with Crippen LogP contribution in [0.2, 0.25) is 0 Å². The predicted octanol–water partition coefficient (Wildman–Crippen LogP) is 2.85. The van der Waals surface area contributed by atoms with Crippen molar-refractivity contribution in [2.75, 3.05) is 0 Å². The van der Waals surface area contributed by atoms with Crippen molar-refractivity contribution in [2.24, 2.45) is 0 Å². The second-order valence-corrected chi connectivity index (χ2v) is 6.16. The molecule has 2 N–H and O–H groups in total. The molecule has 6 heteroatoms. The number of amides is 1. The maximum atomic E-state index is 13.3. The maximum Gasteiger partial charge on any atom is 0.287 e. The van der Waals surface area contributed by atoms with Crippen molar-refractivity contribution in [2.45, 2.75) is 37.4 Å². The van der Waals surface area contributed by atoms with Crippen LogP contribution in [0.1, 0.15) is 29.8 Å². The molecule has 1 amide bonds. The summed E-state index contributed by atoms with van der Waals surface area (Å²) >= 11 is 0. The van der Waals surface area contributed by atoms with Crippen molar-refractivity contribution in [3.05, 3.63) is 47.7 Å². The van der Waals surface area contributed by atoms with Crippen molar-refractivity contribution in [1.29, 1.82) is 0 Å².